The van der Waals surface area contributed by atoms with Crippen LogP contribution in [0.15, 0.2) is 0 Å². The van der Waals surface area contributed by atoms with Gasteiger partial charge in [-0.05, 0) is 32.4 Å². The van der Waals surface area contributed by atoms with Gasteiger partial charge in [0.1, 0.15) is 0 Å². The monoisotopic (exact) mass is 187 g/mol. The standard InChI is InChI=1S/C9H17NO3/c11-9(12)4-7-13-8-2-1-5-10-6-3-8/h8,10H,1-7H2,(H,11,12). The van der Waals surface area contributed by atoms with Gasteiger partial charge >= 0.3 is 5.97 Å². The minimum Gasteiger partial charge on any atom is -0.481 e. The van der Waals surface area contributed by atoms with Gasteiger partial charge in [-0.25, -0.2) is 0 Å². The highest BCUT2D eigenvalue weighted by Gasteiger charge is 2.12. The minimum atomic E-state index is -0.785. The van der Waals surface area contributed by atoms with Crippen LogP contribution >= 0.6 is 0 Å². The number of nitrogens with one attached hydrogen (secondary N) is 1. The normalized spacial score (nSPS) is 23.8. The lowest BCUT2D eigenvalue weighted by Gasteiger charge is -2.13. The molecule has 0 aromatic heterocycles. The van der Waals surface area contributed by atoms with Crippen molar-refractivity contribution in [2.24, 2.45) is 0 Å². The van der Waals surface area contributed by atoms with E-state index in [2.05, 4.69) is 5.32 Å². The molecule has 0 radical (unpaired) electrons. The van der Waals surface area contributed by atoms with Gasteiger partial charge in [0, 0.05) is 0 Å². The SMILES string of the molecule is O=C(O)CCOC1CCCNCC1. The van der Waals surface area contributed by atoms with Crippen LogP contribution in [0, 0.1) is 0 Å². The molecule has 1 atom stereocenters. The van der Waals surface area contributed by atoms with E-state index in [1.54, 1.807) is 0 Å². The molecule has 0 amide bonds. The molecule has 1 aliphatic heterocycles. The Morgan fingerprint density at radius 1 is 1.46 bits per heavy atom. The second-order valence-electron chi connectivity index (χ2n) is 3.32. The van der Waals surface area contributed by atoms with Gasteiger partial charge in [-0.2, -0.15) is 0 Å². The topological polar surface area (TPSA) is 58.6 Å². The van der Waals surface area contributed by atoms with Crippen molar-refractivity contribution in [3.05, 3.63) is 0 Å². The van der Waals surface area contributed by atoms with E-state index in [1.165, 1.54) is 0 Å². The first-order valence-electron chi connectivity index (χ1n) is 4.83. The van der Waals surface area contributed by atoms with Crippen molar-refractivity contribution in [1.82, 2.24) is 5.32 Å². The van der Waals surface area contributed by atoms with Crippen molar-refractivity contribution >= 4 is 5.97 Å². The number of aliphatic carboxylic acids is 1. The Balaban J connectivity index is 2.08. The summed E-state index contributed by atoms with van der Waals surface area (Å²) in [5.41, 5.74) is 0. The molecule has 0 aliphatic carbocycles. The Labute approximate surface area is 78.3 Å². The molecule has 0 spiro atoms. The lowest BCUT2D eigenvalue weighted by atomic mass is 10.1. The molecule has 0 bridgehead atoms. The zero-order valence-electron chi connectivity index (χ0n) is 7.79. The van der Waals surface area contributed by atoms with Crippen molar-refractivity contribution in [3.8, 4) is 0 Å². The quantitative estimate of drug-likeness (QED) is 0.677. The van der Waals surface area contributed by atoms with Crippen molar-refractivity contribution in [3.63, 3.8) is 0 Å². The van der Waals surface area contributed by atoms with Crippen LogP contribution in [-0.2, 0) is 9.53 Å². The van der Waals surface area contributed by atoms with E-state index >= 15 is 0 Å². The van der Waals surface area contributed by atoms with Gasteiger partial charge in [-0.1, -0.05) is 0 Å². The molecule has 1 aliphatic rings. The third-order valence-corrected chi connectivity index (χ3v) is 2.19. The van der Waals surface area contributed by atoms with Crippen LogP contribution in [0.4, 0.5) is 0 Å². The van der Waals surface area contributed by atoms with E-state index in [1.807, 2.05) is 0 Å². The van der Waals surface area contributed by atoms with E-state index in [9.17, 15) is 4.79 Å². The van der Waals surface area contributed by atoms with Crippen molar-refractivity contribution in [2.45, 2.75) is 31.8 Å². The molecule has 0 aromatic rings. The molecule has 1 fully saturated rings. The van der Waals surface area contributed by atoms with Crippen LogP contribution in [0.2, 0.25) is 0 Å². The summed E-state index contributed by atoms with van der Waals surface area (Å²) in [7, 11) is 0. The Morgan fingerprint density at radius 3 is 3.08 bits per heavy atom. The number of carboxylic acids is 1. The highest BCUT2D eigenvalue weighted by molar-refractivity contribution is 5.66. The molecule has 1 rings (SSSR count). The number of ether oxygens (including phenoxy) is 1. The summed E-state index contributed by atoms with van der Waals surface area (Å²) >= 11 is 0. The minimum absolute atomic E-state index is 0.115. The Bertz CT molecular complexity index is 153. The zero-order chi connectivity index (χ0) is 9.52. The van der Waals surface area contributed by atoms with Crippen molar-refractivity contribution in [1.29, 1.82) is 0 Å². The Morgan fingerprint density at radius 2 is 2.31 bits per heavy atom. The molecule has 4 heteroatoms. The molecule has 1 unspecified atom stereocenters. The molecule has 76 valence electrons. The summed E-state index contributed by atoms with van der Waals surface area (Å²) in [6.07, 6.45) is 3.54. The van der Waals surface area contributed by atoms with Gasteiger partial charge in [-0.15, -0.1) is 0 Å². The molecule has 2 N–H and O–H groups in total. The molecule has 0 aromatic carbocycles. The van der Waals surface area contributed by atoms with Gasteiger partial charge in [0.05, 0.1) is 19.1 Å². The lowest BCUT2D eigenvalue weighted by molar-refractivity contribution is -0.138. The summed E-state index contributed by atoms with van der Waals surface area (Å²) in [5, 5.41) is 11.7. The van der Waals surface area contributed by atoms with E-state index in [0.717, 1.165) is 32.4 Å². The summed E-state index contributed by atoms with van der Waals surface area (Å²) in [6.45, 7) is 2.39. The third kappa shape index (κ3) is 4.85. The number of carboxylic acid groups (broad SMARTS) is 1. The molecular weight excluding hydrogens is 170 g/mol. The number of hydrogen-bond donors (Lipinski definition) is 2. The van der Waals surface area contributed by atoms with Crippen molar-refractivity contribution < 1.29 is 14.6 Å². The number of carbonyl (C=O) groups is 1. The summed E-state index contributed by atoms with van der Waals surface area (Å²) in [4.78, 5) is 10.2. The number of hydrogen-bond acceptors (Lipinski definition) is 3. The van der Waals surface area contributed by atoms with Crippen molar-refractivity contribution in [2.75, 3.05) is 19.7 Å². The summed E-state index contributed by atoms with van der Waals surface area (Å²) < 4.78 is 5.45. The highest BCUT2D eigenvalue weighted by atomic mass is 16.5. The maximum absolute atomic E-state index is 10.2. The lowest BCUT2D eigenvalue weighted by Crippen LogP contribution is -2.18. The molecule has 0 saturated carbocycles. The third-order valence-electron chi connectivity index (χ3n) is 2.19. The second kappa shape index (κ2) is 5.94. The predicted octanol–water partition coefficient (Wildman–Crippen LogP) is 0.620. The van der Waals surface area contributed by atoms with E-state index < -0.39 is 5.97 Å². The van der Waals surface area contributed by atoms with Crippen LogP contribution in [0.3, 0.4) is 0 Å². The van der Waals surface area contributed by atoms with Crippen LogP contribution in [-0.4, -0.2) is 36.9 Å². The first-order chi connectivity index (χ1) is 6.29. The van der Waals surface area contributed by atoms with Gasteiger partial charge < -0.3 is 15.2 Å². The van der Waals surface area contributed by atoms with E-state index in [-0.39, 0.29) is 12.5 Å². The fourth-order valence-electron chi connectivity index (χ4n) is 1.47. The Kier molecular flexibility index (Phi) is 4.78. The maximum atomic E-state index is 10.2. The Hall–Kier alpha value is -0.610. The van der Waals surface area contributed by atoms with Crippen LogP contribution in [0.5, 0.6) is 0 Å². The van der Waals surface area contributed by atoms with Gasteiger partial charge in [0.15, 0.2) is 0 Å². The highest BCUT2D eigenvalue weighted by Crippen LogP contribution is 2.09. The molecule has 1 saturated heterocycles. The first-order valence-corrected chi connectivity index (χ1v) is 4.83. The molecule has 1 heterocycles. The zero-order valence-corrected chi connectivity index (χ0v) is 7.79. The largest absolute Gasteiger partial charge is 0.481 e. The first kappa shape index (κ1) is 10.5. The van der Waals surface area contributed by atoms with Crippen LogP contribution < -0.4 is 5.32 Å². The van der Waals surface area contributed by atoms with E-state index in [4.69, 9.17) is 9.84 Å². The van der Waals surface area contributed by atoms with E-state index in [0.29, 0.717) is 6.61 Å². The van der Waals surface area contributed by atoms with Gasteiger partial charge in [-0.3, -0.25) is 4.79 Å². The number of rotatable bonds is 4. The fraction of sp³-hybridized carbons (Fsp3) is 0.889. The molecule has 4 nitrogen and oxygen atoms in total. The molecular formula is C9H17NO3. The average Bonchev–Trinajstić information content (AvgIpc) is 2.32. The van der Waals surface area contributed by atoms with Crippen LogP contribution in [0.1, 0.15) is 25.7 Å². The average molecular weight is 187 g/mol. The second-order valence-corrected chi connectivity index (χ2v) is 3.32. The fourth-order valence-corrected chi connectivity index (χ4v) is 1.47. The van der Waals surface area contributed by atoms with Crippen LogP contribution in [0.25, 0.3) is 0 Å². The van der Waals surface area contributed by atoms with Gasteiger partial charge in [0.2, 0.25) is 0 Å². The smallest absolute Gasteiger partial charge is 0.305 e. The summed E-state index contributed by atoms with van der Waals surface area (Å²) in [6, 6.07) is 0. The summed E-state index contributed by atoms with van der Waals surface area (Å²) in [5.74, 6) is -0.785. The molecule has 13 heavy (non-hydrogen) atoms. The predicted molar refractivity (Wildman–Crippen MR) is 48.7 cm³/mol. The maximum Gasteiger partial charge on any atom is 0.305 e. The van der Waals surface area contributed by atoms with Gasteiger partial charge in [0.25, 0.3) is 0 Å².